The second kappa shape index (κ2) is 6.13. The monoisotopic (exact) mass is 265 g/mol. The minimum Gasteiger partial charge on any atom is -0.329 e. The Hall–Kier alpha value is -0.170. The molecule has 5 nitrogen and oxygen atoms in total. The van der Waals surface area contributed by atoms with Crippen molar-refractivity contribution in [2.75, 3.05) is 20.1 Å². The first-order valence-electron chi connectivity index (χ1n) is 6.13. The Labute approximate surface area is 106 Å². The van der Waals surface area contributed by atoms with Crippen LogP contribution in [0.2, 0.25) is 0 Å². The van der Waals surface area contributed by atoms with Crippen LogP contribution in [0.15, 0.2) is 0 Å². The van der Waals surface area contributed by atoms with Gasteiger partial charge in [0.1, 0.15) is 0 Å². The third-order valence-electron chi connectivity index (χ3n) is 3.46. The van der Waals surface area contributed by atoms with Crippen LogP contribution in [0.25, 0.3) is 0 Å². The highest BCUT2D eigenvalue weighted by Crippen LogP contribution is 2.24. The van der Waals surface area contributed by atoms with Crippen LogP contribution in [0.4, 0.5) is 0 Å². The van der Waals surface area contributed by atoms with Crippen molar-refractivity contribution in [2.45, 2.75) is 52.6 Å². The van der Waals surface area contributed by atoms with E-state index >= 15 is 0 Å². The van der Waals surface area contributed by atoms with Crippen molar-refractivity contribution in [3.05, 3.63) is 0 Å². The fourth-order valence-corrected chi connectivity index (χ4v) is 3.60. The molecule has 0 saturated carbocycles. The predicted octanol–water partition coefficient (Wildman–Crippen LogP) is 1.02. The number of likely N-dealkylation sites (N-methyl/N-ethyl adjacent to an activating group) is 1. The van der Waals surface area contributed by atoms with Crippen LogP contribution in [-0.4, -0.2) is 48.7 Å². The van der Waals surface area contributed by atoms with Crippen molar-refractivity contribution in [1.29, 1.82) is 0 Å². The number of nitrogens with zero attached hydrogens (tertiary/aromatic N) is 2. The van der Waals surface area contributed by atoms with Crippen LogP contribution in [0, 0.1) is 0 Å². The van der Waals surface area contributed by atoms with Crippen LogP contribution in [0.1, 0.15) is 41.0 Å². The van der Waals surface area contributed by atoms with E-state index < -0.39 is 15.7 Å². The molecule has 17 heavy (non-hydrogen) atoms. The molecule has 1 atom stereocenters. The lowest BCUT2D eigenvalue weighted by Gasteiger charge is -2.41. The molecule has 0 aromatic carbocycles. The van der Waals surface area contributed by atoms with E-state index in [4.69, 9.17) is 5.73 Å². The van der Waals surface area contributed by atoms with Crippen LogP contribution in [0.3, 0.4) is 0 Å². The smallest absolute Gasteiger partial charge is 0.282 e. The number of nitrogens with two attached hydrogens (primary N) is 1. The molecule has 0 amide bonds. The fourth-order valence-electron chi connectivity index (χ4n) is 1.67. The van der Waals surface area contributed by atoms with E-state index in [0.29, 0.717) is 19.5 Å². The van der Waals surface area contributed by atoms with Crippen molar-refractivity contribution in [2.24, 2.45) is 5.73 Å². The molecule has 0 heterocycles. The van der Waals surface area contributed by atoms with Crippen molar-refractivity contribution in [1.82, 2.24) is 8.61 Å². The highest BCUT2D eigenvalue weighted by Gasteiger charge is 2.39. The van der Waals surface area contributed by atoms with Crippen LogP contribution in [0.5, 0.6) is 0 Å². The average Bonchev–Trinajstić information content (AvgIpc) is 2.27. The largest absolute Gasteiger partial charge is 0.329 e. The lowest BCUT2D eigenvalue weighted by molar-refractivity contribution is 0.196. The summed E-state index contributed by atoms with van der Waals surface area (Å²) in [6.45, 7) is 10.2. The molecule has 6 heteroatoms. The third-order valence-corrected chi connectivity index (χ3v) is 5.87. The van der Waals surface area contributed by atoms with Crippen LogP contribution < -0.4 is 5.73 Å². The Morgan fingerprint density at radius 1 is 1.29 bits per heavy atom. The van der Waals surface area contributed by atoms with Gasteiger partial charge in [0, 0.05) is 31.7 Å². The minimum absolute atomic E-state index is 0.0621. The van der Waals surface area contributed by atoms with Gasteiger partial charge in [-0.05, 0) is 27.2 Å². The van der Waals surface area contributed by atoms with Gasteiger partial charge in [0.15, 0.2) is 0 Å². The molecule has 0 saturated heterocycles. The summed E-state index contributed by atoms with van der Waals surface area (Å²) >= 11 is 0. The maximum absolute atomic E-state index is 12.5. The molecule has 0 rings (SSSR count). The molecule has 0 aromatic heterocycles. The zero-order valence-corrected chi connectivity index (χ0v) is 12.7. The van der Waals surface area contributed by atoms with Gasteiger partial charge in [-0.15, -0.1) is 0 Å². The molecule has 0 spiro atoms. The summed E-state index contributed by atoms with van der Waals surface area (Å²) in [4.78, 5) is 0. The van der Waals surface area contributed by atoms with Crippen LogP contribution in [-0.2, 0) is 10.2 Å². The molecular weight excluding hydrogens is 238 g/mol. The van der Waals surface area contributed by atoms with E-state index in [2.05, 4.69) is 0 Å². The molecule has 0 radical (unpaired) electrons. The Morgan fingerprint density at radius 2 is 1.76 bits per heavy atom. The molecule has 0 bridgehead atoms. The lowest BCUT2D eigenvalue weighted by Crippen LogP contribution is -2.58. The number of hydrogen-bond donors (Lipinski definition) is 1. The summed E-state index contributed by atoms with van der Waals surface area (Å²) in [5.41, 5.74) is 5.23. The Kier molecular flexibility index (Phi) is 6.07. The van der Waals surface area contributed by atoms with E-state index in [1.165, 1.54) is 8.61 Å². The minimum atomic E-state index is -3.45. The highest BCUT2D eigenvalue weighted by molar-refractivity contribution is 7.86. The Morgan fingerprint density at radius 3 is 2.00 bits per heavy atom. The quantitative estimate of drug-likeness (QED) is 0.747. The maximum Gasteiger partial charge on any atom is 0.282 e. The lowest BCUT2D eigenvalue weighted by atomic mass is 9.99. The third kappa shape index (κ3) is 3.40. The summed E-state index contributed by atoms with van der Waals surface area (Å²) in [5.74, 6) is 0. The number of rotatable bonds is 7. The molecule has 0 aromatic rings. The zero-order chi connectivity index (χ0) is 13.9. The van der Waals surface area contributed by atoms with Crippen molar-refractivity contribution < 1.29 is 8.42 Å². The fraction of sp³-hybridized carbons (Fsp3) is 1.00. The summed E-state index contributed by atoms with van der Waals surface area (Å²) < 4.78 is 27.8. The number of hydrogen-bond acceptors (Lipinski definition) is 3. The van der Waals surface area contributed by atoms with E-state index in [-0.39, 0.29) is 6.04 Å². The molecule has 2 N–H and O–H groups in total. The first kappa shape index (κ1) is 16.8. The molecule has 104 valence electrons. The summed E-state index contributed by atoms with van der Waals surface area (Å²) in [7, 11) is -1.84. The molecule has 0 aliphatic heterocycles. The van der Waals surface area contributed by atoms with Gasteiger partial charge >= 0.3 is 0 Å². The molecule has 0 fully saturated rings. The maximum atomic E-state index is 12.5. The van der Waals surface area contributed by atoms with Crippen molar-refractivity contribution >= 4 is 10.2 Å². The van der Waals surface area contributed by atoms with Crippen LogP contribution >= 0.6 is 0 Å². The molecule has 0 aliphatic carbocycles. The Balaban J connectivity index is 5.40. The van der Waals surface area contributed by atoms with Gasteiger partial charge in [-0.2, -0.15) is 17.0 Å². The standard InChI is InChI=1S/C11H27N3O2S/c1-7-11(5,9-12)14(8-2)17(15,16)13(6)10(3)4/h10H,7-9,12H2,1-6H3. The highest BCUT2D eigenvalue weighted by atomic mass is 32.2. The summed E-state index contributed by atoms with van der Waals surface area (Å²) in [6.07, 6.45) is 0.697. The van der Waals surface area contributed by atoms with Gasteiger partial charge in [-0.3, -0.25) is 0 Å². The zero-order valence-electron chi connectivity index (χ0n) is 11.9. The molecular formula is C11H27N3O2S. The second-order valence-electron chi connectivity index (χ2n) is 4.84. The van der Waals surface area contributed by atoms with Gasteiger partial charge in [-0.25, -0.2) is 0 Å². The first-order valence-corrected chi connectivity index (χ1v) is 7.52. The molecule has 1 unspecified atom stereocenters. The SMILES string of the molecule is CCN(C(C)(CC)CN)S(=O)(=O)N(C)C(C)C. The van der Waals surface area contributed by atoms with Gasteiger partial charge < -0.3 is 5.73 Å². The second-order valence-corrected chi connectivity index (χ2v) is 6.75. The topological polar surface area (TPSA) is 66.6 Å². The summed E-state index contributed by atoms with van der Waals surface area (Å²) in [5, 5.41) is 0. The van der Waals surface area contributed by atoms with Gasteiger partial charge in [0.2, 0.25) is 0 Å². The van der Waals surface area contributed by atoms with Crippen molar-refractivity contribution in [3.8, 4) is 0 Å². The van der Waals surface area contributed by atoms with Gasteiger partial charge in [-0.1, -0.05) is 13.8 Å². The van der Waals surface area contributed by atoms with E-state index in [0.717, 1.165) is 0 Å². The van der Waals surface area contributed by atoms with Gasteiger partial charge in [0.25, 0.3) is 10.2 Å². The van der Waals surface area contributed by atoms with E-state index in [9.17, 15) is 8.42 Å². The molecule has 0 aliphatic rings. The van der Waals surface area contributed by atoms with Gasteiger partial charge in [0.05, 0.1) is 0 Å². The summed E-state index contributed by atoms with van der Waals surface area (Å²) in [6, 6.07) is -0.0621. The predicted molar refractivity (Wildman–Crippen MR) is 71.9 cm³/mol. The first-order chi connectivity index (χ1) is 7.67. The average molecular weight is 265 g/mol. The van der Waals surface area contributed by atoms with E-state index in [1.807, 2.05) is 34.6 Å². The normalized spacial score (nSPS) is 16.8. The van der Waals surface area contributed by atoms with Crippen molar-refractivity contribution in [3.63, 3.8) is 0 Å². The van der Waals surface area contributed by atoms with E-state index in [1.54, 1.807) is 7.05 Å². The Bertz CT molecular complexity index is 324.